The maximum Gasteiger partial charge on any atom is 0.331 e. The summed E-state index contributed by atoms with van der Waals surface area (Å²) in [6, 6.07) is 9.97. The van der Waals surface area contributed by atoms with Crippen LogP contribution in [-0.4, -0.2) is 12.1 Å². The molecule has 0 radical (unpaired) electrons. The van der Waals surface area contributed by atoms with Crippen molar-refractivity contribution in [1.29, 1.82) is 0 Å². The van der Waals surface area contributed by atoms with E-state index in [0.29, 0.717) is 0 Å². The van der Waals surface area contributed by atoms with Crippen molar-refractivity contribution in [2.24, 2.45) is 5.92 Å². The number of esters is 1. The second-order valence-electron chi connectivity index (χ2n) is 3.89. The Bertz CT molecular complexity index is 418. The van der Waals surface area contributed by atoms with E-state index < -0.39 is 0 Å². The third-order valence-corrected chi connectivity index (χ3v) is 2.58. The lowest BCUT2D eigenvalue weighted by Crippen LogP contribution is -2.25. The first kappa shape index (κ1) is 10.7. The molecule has 0 N–H and O–H groups in total. The monoisotopic (exact) mass is 214 g/mol. The van der Waals surface area contributed by atoms with E-state index in [2.05, 4.69) is 0 Å². The van der Waals surface area contributed by atoms with Gasteiger partial charge in [-0.05, 0) is 11.6 Å². The molecule has 0 aromatic heterocycles. The SMILES string of the molecule is C[C@H]1C=CC(=O)O[C@H]1/C=C/c1ccccc1. The molecule has 2 nitrogen and oxygen atoms in total. The van der Waals surface area contributed by atoms with E-state index in [9.17, 15) is 4.79 Å². The minimum atomic E-state index is -0.263. The van der Waals surface area contributed by atoms with Crippen molar-refractivity contribution >= 4 is 12.0 Å². The molecule has 2 atom stereocenters. The van der Waals surface area contributed by atoms with Gasteiger partial charge in [0.15, 0.2) is 0 Å². The molecule has 0 bridgehead atoms. The van der Waals surface area contributed by atoms with E-state index in [1.807, 2.05) is 55.5 Å². The summed E-state index contributed by atoms with van der Waals surface area (Å²) in [4.78, 5) is 11.1. The van der Waals surface area contributed by atoms with Gasteiger partial charge in [-0.2, -0.15) is 0 Å². The van der Waals surface area contributed by atoms with Crippen LogP contribution < -0.4 is 0 Å². The number of hydrogen-bond donors (Lipinski definition) is 0. The lowest BCUT2D eigenvalue weighted by molar-refractivity contribution is -0.143. The highest BCUT2D eigenvalue weighted by Crippen LogP contribution is 2.17. The van der Waals surface area contributed by atoms with Gasteiger partial charge in [0, 0.05) is 12.0 Å². The van der Waals surface area contributed by atoms with Gasteiger partial charge in [-0.1, -0.05) is 49.4 Å². The van der Waals surface area contributed by atoms with Crippen molar-refractivity contribution in [3.8, 4) is 0 Å². The number of carbonyl (C=O) groups is 1. The molecule has 1 aliphatic heterocycles. The van der Waals surface area contributed by atoms with Gasteiger partial charge in [-0.3, -0.25) is 0 Å². The minimum Gasteiger partial charge on any atom is -0.454 e. The van der Waals surface area contributed by atoms with Crippen LogP contribution in [0.25, 0.3) is 6.08 Å². The van der Waals surface area contributed by atoms with Crippen molar-refractivity contribution in [2.45, 2.75) is 13.0 Å². The highest BCUT2D eigenvalue weighted by atomic mass is 16.5. The molecule has 0 spiro atoms. The van der Waals surface area contributed by atoms with Crippen LogP contribution in [0.3, 0.4) is 0 Å². The fourth-order valence-electron chi connectivity index (χ4n) is 1.61. The average molecular weight is 214 g/mol. The van der Waals surface area contributed by atoms with Gasteiger partial charge < -0.3 is 4.74 Å². The van der Waals surface area contributed by atoms with Crippen molar-refractivity contribution < 1.29 is 9.53 Å². The number of hydrogen-bond acceptors (Lipinski definition) is 2. The van der Waals surface area contributed by atoms with Crippen molar-refractivity contribution in [1.82, 2.24) is 0 Å². The molecule has 1 aromatic carbocycles. The van der Waals surface area contributed by atoms with Gasteiger partial charge in [0.2, 0.25) is 0 Å². The molecule has 0 aliphatic carbocycles. The third kappa shape index (κ3) is 2.60. The van der Waals surface area contributed by atoms with Crippen molar-refractivity contribution in [3.63, 3.8) is 0 Å². The molecule has 16 heavy (non-hydrogen) atoms. The average Bonchev–Trinajstić information content (AvgIpc) is 2.32. The first-order valence-electron chi connectivity index (χ1n) is 5.38. The maximum atomic E-state index is 11.1. The van der Waals surface area contributed by atoms with Crippen LogP contribution >= 0.6 is 0 Å². The summed E-state index contributed by atoms with van der Waals surface area (Å²) in [6.45, 7) is 2.03. The topological polar surface area (TPSA) is 26.3 Å². The predicted octanol–water partition coefficient (Wildman–Crippen LogP) is 2.82. The van der Waals surface area contributed by atoms with Crippen LogP contribution in [0.4, 0.5) is 0 Å². The standard InChI is InChI=1S/C14H14O2/c1-11-7-10-14(15)16-13(11)9-8-12-5-3-2-4-6-12/h2-11,13H,1H3/b9-8+/t11-,13-/m0/s1. The minimum absolute atomic E-state index is 0.155. The molecular weight excluding hydrogens is 200 g/mol. The molecule has 0 fully saturated rings. The fraction of sp³-hybridized carbons (Fsp3) is 0.214. The number of rotatable bonds is 2. The summed E-state index contributed by atoms with van der Waals surface area (Å²) >= 11 is 0. The Kier molecular flexibility index (Phi) is 3.20. The Morgan fingerprint density at radius 2 is 2.00 bits per heavy atom. The lowest BCUT2D eigenvalue weighted by Gasteiger charge is -2.21. The highest BCUT2D eigenvalue weighted by Gasteiger charge is 2.19. The molecule has 82 valence electrons. The quantitative estimate of drug-likeness (QED) is 0.707. The smallest absolute Gasteiger partial charge is 0.331 e. The van der Waals surface area contributed by atoms with E-state index in [1.165, 1.54) is 6.08 Å². The molecule has 1 heterocycles. The number of carbonyl (C=O) groups excluding carboxylic acids is 1. The Morgan fingerprint density at radius 3 is 2.75 bits per heavy atom. The highest BCUT2D eigenvalue weighted by molar-refractivity contribution is 5.83. The normalized spacial score (nSPS) is 24.7. The molecule has 1 aliphatic rings. The van der Waals surface area contributed by atoms with Gasteiger partial charge >= 0.3 is 5.97 Å². The number of cyclic esters (lactones) is 1. The second kappa shape index (κ2) is 4.79. The van der Waals surface area contributed by atoms with E-state index in [1.54, 1.807) is 0 Å². The van der Waals surface area contributed by atoms with Crippen LogP contribution in [0, 0.1) is 5.92 Å². The zero-order valence-corrected chi connectivity index (χ0v) is 9.17. The maximum absolute atomic E-state index is 11.1. The summed E-state index contributed by atoms with van der Waals surface area (Å²) in [5.41, 5.74) is 1.11. The summed E-state index contributed by atoms with van der Waals surface area (Å²) in [6.07, 6.45) is 7.12. The van der Waals surface area contributed by atoms with E-state index in [0.717, 1.165) is 5.56 Å². The van der Waals surface area contributed by atoms with Crippen molar-refractivity contribution in [2.75, 3.05) is 0 Å². The zero-order valence-electron chi connectivity index (χ0n) is 9.17. The zero-order chi connectivity index (χ0) is 11.4. The Balaban J connectivity index is 2.07. The second-order valence-corrected chi connectivity index (χ2v) is 3.89. The van der Waals surface area contributed by atoms with E-state index in [-0.39, 0.29) is 18.0 Å². The first-order valence-corrected chi connectivity index (χ1v) is 5.38. The molecule has 2 heteroatoms. The molecule has 0 amide bonds. The molecule has 0 unspecified atom stereocenters. The molecular formula is C14H14O2. The third-order valence-electron chi connectivity index (χ3n) is 2.58. The van der Waals surface area contributed by atoms with Gasteiger partial charge in [0.05, 0.1) is 0 Å². The van der Waals surface area contributed by atoms with Gasteiger partial charge in [-0.25, -0.2) is 4.79 Å². The largest absolute Gasteiger partial charge is 0.454 e. The summed E-state index contributed by atoms with van der Waals surface area (Å²) < 4.78 is 5.21. The Labute approximate surface area is 95.2 Å². The predicted molar refractivity (Wildman–Crippen MR) is 63.7 cm³/mol. The summed E-state index contributed by atoms with van der Waals surface area (Å²) in [5, 5.41) is 0. The fourth-order valence-corrected chi connectivity index (χ4v) is 1.61. The van der Waals surface area contributed by atoms with Crippen molar-refractivity contribution in [3.05, 3.63) is 54.1 Å². The molecule has 0 saturated heterocycles. The molecule has 1 aromatic rings. The lowest BCUT2D eigenvalue weighted by atomic mass is 10.0. The summed E-state index contributed by atoms with van der Waals surface area (Å²) in [7, 11) is 0. The summed E-state index contributed by atoms with van der Waals surface area (Å²) in [5.74, 6) is -0.0292. The Hall–Kier alpha value is -1.83. The van der Waals surface area contributed by atoms with E-state index in [4.69, 9.17) is 4.74 Å². The van der Waals surface area contributed by atoms with Gasteiger partial charge in [-0.15, -0.1) is 0 Å². The first-order chi connectivity index (χ1) is 7.75. The molecule has 0 saturated carbocycles. The van der Waals surface area contributed by atoms with Crippen LogP contribution in [0.15, 0.2) is 48.6 Å². The molecule has 2 rings (SSSR count). The van der Waals surface area contributed by atoms with Crippen LogP contribution in [0.5, 0.6) is 0 Å². The van der Waals surface area contributed by atoms with Crippen LogP contribution in [0.2, 0.25) is 0 Å². The Morgan fingerprint density at radius 1 is 1.25 bits per heavy atom. The number of benzene rings is 1. The van der Waals surface area contributed by atoms with Gasteiger partial charge in [0.1, 0.15) is 6.10 Å². The van der Waals surface area contributed by atoms with Gasteiger partial charge in [0.25, 0.3) is 0 Å². The van der Waals surface area contributed by atoms with Crippen LogP contribution in [0.1, 0.15) is 12.5 Å². The number of ether oxygens (including phenoxy) is 1. The van der Waals surface area contributed by atoms with Crippen LogP contribution in [-0.2, 0) is 9.53 Å². The van der Waals surface area contributed by atoms with E-state index >= 15 is 0 Å².